The molecule has 270 valence electrons. The third kappa shape index (κ3) is 9.91. The molecule has 0 spiro atoms. The van der Waals surface area contributed by atoms with Gasteiger partial charge in [-0.25, -0.2) is 0 Å². The van der Waals surface area contributed by atoms with E-state index in [1.165, 1.54) is 0 Å². The van der Waals surface area contributed by atoms with Gasteiger partial charge in [0.1, 0.15) is 36.1 Å². The Morgan fingerprint density at radius 3 is 1.35 bits per heavy atom. The van der Waals surface area contributed by atoms with Crippen molar-refractivity contribution in [3.63, 3.8) is 0 Å². The van der Waals surface area contributed by atoms with Crippen LogP contribution in [0.1, 0.15) is 27.8 Å². The Morgan fingerprint density at radius 2 is 0.885 bits per heavy atom. The van der Waals surface area contributed by atoms with Crippen molar-refractivity contribution in [3.05, 3.63) is 192 Å². The summed E-state index contributed by atoms with van der Waals surface area (Å²) in [5, 5.41) is 12.7. The molecule has 1 aliphatic carbocycles. The van der Waals surface area contributed by atoms with Crippen molar-refractivity contribution in [3.8, 4) is 0 Å². The highest BCUT2D eigenvalue weighted by molar-refractivity contribution is 5.20. The maximum absolute atomic E-state index is 12.7. The SMILES string of the molecule is C=CCO[C@@H]1[C@H](OCc2ccccc2)[C@@H](OCc2ccccc2)[C@H](OCc2ccccc2)[C@](COCc2ccccc2)(OCc2ccccc2)[C@H]1O. The first kappa shape index (κ1) is 37.3. The zero-order valence-electron chi connectivity index (χ0n) is 29.5. The van der Waals surface area contributed by atoms with E-state index in [0.29, 0.717) is 6.61 Å². The molecular weight excluding hydrogens is 652 g/mol. The summed E-state index contributed by atoms with van der Waals surface area (Å²) in [6, 6.07) is 49.7. The molecule has 0 aromatic heterocycles. The average molecular weight is 701 g/mol. The summed E-state index contributed by atoms with van der Waals surface area (Å²) >= 11 is 0. The number of aliphatic hydroxyl groups excluding tert-OH is 1. The van der Waals surface area contributed by atoms with Gasteiger partial charge in [0.05, 0.1) is 46.2 Å². The summed E-state index contributed by atoms with van der Waals surface area (Å²) in [5.74, 6) is 0. The quantitative estimate of drug-likeness (QED) is 0.0880. The lowest BCUT2D eigenvalue weighted by atomic mass is 9.74. The van der Waals surface area contributed by atoms with E-state index in [1.807, 2.05) is 152 Å². The van der Waals surface area contributed by atoms with Crippen molar-refractivity contribution in [1.82, 2.24) is 0 Å². The Morgan fingerprint density at radius 1 is 0.481 bits per heavy atom. The predicted octanol–water partition coefficient (Wildman–Crippen LogP) is 7.86. The molecule has 0 bridgehead atoms. The minimum absolute atomic E-state index is 0.0140. The van der Waals surface area contributed by atoms with Crippen LogP contribution in [0.5, 0.6) is 0 Å². The van der Waals surface area contributed by atoms with Gasteiger partial charge in [0.2, 0.25) is 0 Å². The number of hydrogen-bond donors (Lipinski definition) is 1. The molecule has 0 heterocycles. The molecule has 1 aliphatic rings. The lowest BCUT2D eigenvalue weighted by molar-refractivity contribution is -0.327. The number of aliphatic hydroxyl groups is 1. The number of benzene rings is 5. The molecular formula is C45H48O7. The molecule has 1 N–H and O–H groups in total. The van der Waals surface area contributed by atoms with Crippen LogP contribution in [0.3, 0.4) is 0 Å². The normalized spacial score (nSPS) is 22.9. The first-order valence-corrected chi connectivity index (χ1v) is 17.8. The van der Waals surface area contributed by atoms with Gasteiger partial charge in [-0.2, -0.15) is 0 Å². The number of rotatable bonds is 19. The van der Waals surface area contributed by atoms with E-state index >= 15 is 0 Å². The first-order chi connectivity index (χ1) is 25.7. The Hall–Kier alpha value is -4.44. The zero-order valence-corrected chi connectivity index (χ0v) is 29.5. The van der Waals surface area contributed by atoms with Crippen molar-refractivity contribution >= 4 is 0 Å². The summed E-state index contributed by atoms with van der Waals surface area (Å²) in [6.45, 7) is 5.33. The summed E-state index contributed by atoms with van der Waals surface area (Å²) < 4.78 is 40.5. The Kier molecular flexibility index (Phi) is 13.9. The lowest BCUT2D eigenvalue weighted by Crippen LogP contribution is -2.75. The van der Waals surface area contributed by atoms with Gasteiger partial charge >= 0.3 is 0 Å². The van der Waals surface area contributed by atoms with Crippen LogP contribution in [0.2, 0.25) is 0 Å². The summed E-state index contributed by atoms with van der Waals surface area (Å²) in [5.41, 5.74) is 3.40. The minimum atomic E-state index is -1.46. The molecule has 0 aliphatic heterocycles. The van der Waals surface area contributed by atoms with Gasteiger partial charge in [-0.15, -0.1) is 6.58 Å². The van der Waals surface area contributed by atoms with Gasteiger partial charge in [-0.3, -0.25) is 0 Å². The minimum Gasteiger partial charge on any atom is -0.387 e. The van der Waals surface area contributed by atoms with Crippen LogP contribution in [0.25, 0.3) is 0 Å². The molecule has 5 aromatic carbocycles. The van der Waals surface area contributed by atoms with Gasteiger partial charge in [0, 0.05) is 0 Å². The molecule has 52 heavy (non-hydrogen) atoms. The van der Waals surface area contributed by atoms with Crippen LogP contribution in [0, 0.1) is 0 Å². The summed E-state index contributed by atoms with van der Waals surface area (Å²) in [6.07, 6.45) is -2.88. The monoisotopic (exact) mass is 700 g/mol. The highest BCUT2D eigenvalue weighted by Crippen LogP contribution is 2.41. The Labute approximate surface area is 307 Å². The van der Waals surface area contributed by atoms with E-state index in [0.717, 1.165) is 27.8 Å². The highest BCUT2D eigenvalue weighted by Gasteiger charge is 2.63. The summed E-state index contributed by atoms with van der Waals surface area (Å²) in [4.78, 5) is 0. The Bertz CT molecular complexity index is 1720. The van der Waals surface area contributed by atoms with E-state index in [-0.39, 0.29) is 39.6 Å². The molecule has 0 saturated heterocycles. The zero-order chi connectivity index (χ0) is 35.9. The maximum atomic E-state index is 12.7. The van der Waals surface area contributed by atoms with Gasteiger partial charge in [-0.05, 0) is 27.8 Å². The second-order valence-corrected chi connectivity index (χ2v) is 13.0. The van der Waals surface area contributed by atoms with E-state index in [4.69, 9.17) is 28.4 Å². The van der Waals surface area contributed by atoms with Crippen LogP contribution in [0.15, 0.2) is 164 Å². The van der Waals surface area contributed by atoms with Crippen molar-refractivity contribution in [2.75, 3.05) is 13.2 Å². The third-order valence-electron chi connectivity index (χ3n) is 9.28. The molecule has 6 rings (SSSR count). The van der Waals surface area contributed by atoms with Crippen LogP contribution in [0.4, 0.5) is 0 Å². The molecule has 7 heteroatoms. The average Bonchev–Trinajstić information content (AvgIpc) is 3.20. The van der Waals surface area contributed by atoms with Gasteiger partial charge in [-0.1, -0.05) is 158 Å². The number of hydrogen-bond acceptors (Lipinski definition) is 7. The largest absolute Gasteiger partial charge is 0.387 e. The molecule has 7 nitrogen and oxygen atoms in total. The second-order valence-electron chi connectivity index (χ2n) is 13.0. The van der Waals surface area contributed by atoms with E-state index in [2.05, 4.69) is 6.58 Å². The van der Waals surface area contributed by atoms with E-state index < -0.39 is 36.1 Å². The molecule has 1 saturated carbocycles. The molecule has 1 fully saturated rings. The standard InChI is InChI=1S/C45H48O7/c1-2-28-48-41-40(49-30-36-20-10-4-11-21-36)42(50-31-37-22-12-5-13-23-37)44(51-32-38-24-14-6-15-25-38)45(43(41)46,52-33-39-26-16-7-17-27-39)34-47-29-35-18-8-3-9-19-35/h2-27,40-44,46H,1,28-34H2/t40-,41+,42+,43-,44-,45+/m0/s1. The lowest BCUT2D eigenvalue weighted by Gasteiger charge is -2.54. The number of ether oxygens (including phenoxy) is 6. The fourth-order valence-corrected chi connectivity index (χ4v) is 6.60. The van der Waals surface area contributed by atoms with Crippen molar-refractivity contribution in [1.29, 1.82) is 0 Å². The fourth-order valence-electron chi connectivity index (χ4n) is 6.60. The second kappa shape index (κ2) is 19.4. The van der Waals surface area contributed by atoms with Crippen molar-refractivity contribution in [2.24, 2.45) is 0 Å². The fraction of sp³-hybridized carbons (Fsp3) is 0.289. The van der Waals surface area contributed by atoms with Crippen LogP contribution in [-0.2, 0) is 61.5 Å². The van der Waals surface area contributed by atoms with Crippen molar-refractivity contribution < 1.29 is 33.5 Å². The maximum Gasteiger partial charge on any atom is 0.149 e. The van der Waals surface area contributed by atoms with Crippen molar-refractivity contribution in [2.45, 2.75) is 69.2 Å². The topological polar surface area (TPSA) is 75.6 Å². The third-order valence-corrected chi connectivity index (χ3v) is 9.28. The molecule has 0 unspecified atom stereocenters. The predicted molar refractivity (Wildman–Crippen MR) is 201 cm³/mol. The molecule has 0 radical (unpaired) electrons. The highest BCUT2D eigenvalue weighted by atomic mass is 16.6. The van der Waals surface area contributed by atoms with Gasteiger partial charge < -0.3 is 33.5 Å². The molecule has 6 atom stereocenters. The Balaban J connectivity index is 1.43. The van der Waals surface area contributed by atoms with E-state index in [1.54, 1.807) is 6.08 Å². The van der Waals surface area contributed by atoms with Crippen LogP contribution >= 0.6 is 0 Å². The van der Waals surface area contributed by atoms with E-state index in [9.17, 15) is 5.11 Å². The molecule has 0 amide bonds. The smallest absolute Gasteiger partial charge is 0.149 e. The summed E-state index contributed by atoms with van der Waals surface area (Å²) in [7, 11) is 0. The van der Waals surface area contributed by atoms with Crippen LogP contribution in [-0.4, -0.2) is 54.4 Å². The molecule has 5 aromatic rings. The first-order valence-electron chi connectivity index (χ1n) is 17.8. The van der Waals surface area contributed by atoms with Gasteiger partial charge in [0.15, 0.2) is 0 Å². The van der Waals surface area contributed by atoms with Crippen LogP contribution < -0.4 is 0 Å². The van der Waals surface area contributed by atoms with Gasteiger partial charge in [0.25, 0.3) is 0 Å².